The molecule has 0 atom stereocenters. The minimum Gasteiger partial charge on any atom is -0.478 e. The quantitative estimate of drug-likeness (QED) is 0.373. The summed E-state index contributed by atoms with van der Waals surface area (Å²) in [5.74, 6) is -0.913. The Balaban J connectivity index is 3.42. The lowest BCUT2D eigenvalue weighted by atomic mass is 10.2. The van der Waals surface area contributed by atoms with E-state index in [2.05, 4.69) is 18.0 Å². The van der Waals surface area contributed by atoms with Crippen LogP contribution in [0.1, 0.15) is 20.3 Å². The standard InChI is InChI=1S/C10H17NO2/c1-8(2)4-6-11-7-5-9(3)10(12)13/h4,11H,3,5-7H2,1-2H3,(H,12,13). The lowest BCUT2D eigenvalue weighted by Crippen LogP contribution is -2.17. The summed E-state index contributed by atoms with van der Waals surface area (Å²) in [5, 5.41) is 11.6. The summed E-state index contributed by atoms with van der Waals surface area (Å²) in [6.07, 6.45) is 2.55. The van der Waals surface area contributed by atoms with Gasteiger partial charge in [-0.1, -0.05) is 18.2 Å². The van der Waals surface area contributed by atoms with Gasteiger partial charge in [-0.25, -0.2) is 4.79 Å². The first-order chi connectivity index (χ1) is 6.04. The van der Waals surface area contributed by atoms with E-state index in [9.17, 15) is 4.79 Å². The summed E-state index contributed by atoms with van der Waals surface area (Å²) in [6, 6.07) is 0. The molecule has 0 aromatic heterocycles. The average Bonchev–Trinajstić information content (AvgIpc) is 2.02. The molecule has 2 N–H and O–H groups in total. The second-order valence-corrected chi connectivity index (χ2v) is 3.14. The first-order valence-corrected chi connectivity index (χ1v) is 4.29. The molecule has 0 aromatic carbocycles. The average molecular weight is 183 g/mol. The van der Waals surface area contributed by atoms with Crippen molar-refractivity contribution in [3.05, 3.63) is 23.8 Å². The number of carboxylic acids is 1. The van der Waals surface area contributed by atoms with Gasteiger partial charge in [0.15, 0.2) is 0 Å². The maximum atomic E-state index is 10.3. The van der Waals surface area contributed by atoms with E-state index in [-0.39, 0.29) is 5.57 Å². The molecule has 0 aliphatic carbocycles. The maximum Gasteiger partial charge on any atom is 0.330 e. The van der Waals surface area contributed by atoms with Gasteiger partial charge in [-0.3, -0.25) is 0 Å². The van der Waals surface area contributed by atoms with Gasteiger partial charge in [-0.2, -0.15) is 0 Å². The van der Waals surface area contributed by atoms with Gasteiger partial charge in [0.05, 0.1) is 0 Å². The Kier molecular flexibility index (Phi) is 5.89. The highest BCUT2D eigenvalue weighted by atomic mass is 16.4. The molecular weight excluding hydrogens is 166 g/mol. The highest BCUT2D eigenvalue weighted by Gasteiger charge is 2.01. The normalized spacial score (nSPS) is 9.38. The number of allylic oxidation sites excluding steroid dienone is 1. The van der Waals surface area contributed by atoms with Gasteiger partial charge in [0, 0.05) is 12.1 Å². The molecule has 0 aromatic rings. The third-order valence-corrected chi connectivity index (χ3v) is 1.56. The lowest BCUT2D eigenvalue weighted by Gasteiger charge is -2.01. The van der Waals surface area contributed by atoms with Crippen LogP contribution in [0.2, 0.25) is 0 Å². The lowest BCUT2D eigenvalue weighted by molar-refractivity contribution is -0.132. The van der Waals surface area contributed by atoms with E-state index in [4.69, 9.17) is 5.11 Å². The first-order valence-electron chi connectivity index (χ1n) is 4.29. The zero-order valence-electron chi connectivity index (χ0n) is 8.26. The van der Waals surface area contributed by atoms with Crippen molar-refractivity contribution in [2.75, 3.05) is 13.1 Å². The number of hydrogen-bond donors (Lipinski definition) is 2. The Morgan fingerprint density at radius 1 is 1.54 bits per heavy atom. The minimum absolute atomic E-state index is 0.254. The largest absolute Gasteiger partial charge is 0.478 e. The second-order valence-electron chi connectivity index (χ2n) is 3.14. The summed E-state index contributed by atoms with van der Waals surface area (Å²) in [4.78, 5) is 10.3. The number of nitrogens with one attached hydrogen (secondary N) is 1. The highest BCUT2D eigenvalue weighted by molar-refractivity contribution is 5.85. The Morgan fingerprint density at radius 3 is 2.62 bits per heavy atom. The highest BCUT2D eigenvalue weighted by Crippen LogP contribution is 1.95. The van der Waals surface area contributed by atoms with Crippen molar-refractivity contribution < 1.29 is 9.90 Å². The molecule has 0 amide bonds. The van der Waals surface area contributed by atoms with E-state index in [1.165, 1.54) is 5.57 Å². The smallest absolute Gasteiger partial charge is 0.330 e. The van der Waals surface area contributed by atoms with E-state index in [1.54, 1.807) is 0 Å². The number of aliphatic carboxylic acids is 1. The summed E-state index contributed by atoms with van der Waals surface area (Å²) >= 11 is 0. The first kappa shape index (κ1) is 11.9. The molecular formula is C10H17NO2. The zero-order valence-corrected chi connectivity index (χ0v) is 8.26. The maximum absolute atomic E-state index is 10.3. The fourth-order valence-electron chi connectivity index (χ4n) is 0.725. The Morgan fingerprint density at radius 2 is 2.15 bits per heavy atom. The van der Waals surface area contributed by atoms with Crippen LogP contribution in [0.15, 0.2) is 23.8 Å². The monoisotopic (exact) mass is 183 g/mol. The van der Waals surface area contributed by atoms with Crippen LogP contribution >= 0.6 is 0 Å². The molecule has 0 rings (SSSR count). The van der Waals surface area contributed by atoms with Crippen LogP contribution in [0.4, 0.5) is 0 Å². The molecule has 0 fully saturated rings. The van der Waals surface area contributed by atoms with Gasteiger partial charge in [-0.05, 0) is 26.8 Å². The van der Waals surface area contributed by atoms with E-state index >= 15 is 0 Å². The second kappa shape index (κ2) is 6.43. The predicted molar refractivity (Wildman–Crippen MR) is 53.7 cm³/mol. The van der Waals surface area contributed by atoms with Gasteiger partial charge in [0.2, 0.25) is 0 Å². The molecule has 0 saturated heterocycles. The van der Waals surface area contributed by atoms with E-state index in [1.807, 2.05) is 13.8 Å². The van der Waals surface area contributed by atoms with Crippen molar-refractivity contribution >= 4 is 5.97 Å². The molecule has 0 heterocycles. The number of hydrogen-bond acceptors (Lipinski definition) is 2. The van der Waals surface area contributed by atoms with Crippen LogP contribution in [0, 0.1) is 0 Å². The fourth-order valence-corrected chi connectivity index (χ4v) is 0.725. The Hall–Kier alpha value is -1.09. The van der Waals surface area contributed by atoms with Crippen LogP contribution < -0.4 is 5.32 Å². The molecule has 0 bridgehead atoms. The number of carboxylic acid groups (broad SMARTS) is 1. The molecule has 13 heavy (non-hydrogen) atoms. The van der Waals surface area contributed by atoms with Crippen LogP contribution in [-0.2, 0) is 4.79 Å². The van der Waals surface area contributed by atoms with Crippen molar-refractivity contribution in [2.45, 2.75) is 20.3 Å². The molecule has 3 nitrogen and oxygen atoms in total. The van der Waals surface area contributed by atoms with E-state index in [0.717, 1.165) is 6.54 Å². The van der Waals surface area contributed by atoms with Crippen molar-refractivity contribution in [2.24, 2.45) is 0 Å². The molecule has 3 heteroatoms. The molecule has 0 saturated carbocycles. The summed E-state index contributed by atoms with van der Waals surface area (Å²) in [7, 11) is 0. The van der Waals surface area contributed by atoms with Crippen molar-refractivity contribution in [3.8, 4) is 0 Å². The van der Waals surface area contributed by atoms with Crippen LogP contribution in [-0.4, -0.2) is 24.2 Å². The topological polar surface area (TPSA) is 49.3 Å². The molecule has 0 spiro atoms. The number of rotatable bonds is 6. The SMILES string of the molecule is C=C(CCNCC=C(C)C)C(=O)O. The fraction of sp³-hybridized carbons (Fsp3) is 0.500. The van der Waals surface area contributed by atoms with Gasteiger partial charge in [-0.15, -0.1) is 0 Å². The Labute approximate surface area is 79.2 Å². The van der Waals surface area contributed by atoms with E-state index < -0.39 is 5.97 Å². The van der Waals surface area contributed by atoms with Crippen LogP contribution in [0.25, 0.3) is 0 Å². The van der Waals surface area contributed by atoms with E-state index in [0.29, 0.717) is 13.0 Å². The molecule has 0 aliphatic heterocycles. The van der Waals surface area contributed by atoms with Crippen molar-refractivity contribution in [3.63, 3.8) is 0 Å². The third kappa shape index (κ3) is 7.28. The van der Waals surface area contributed by atoms with Gasteiger partial charge >= 0.3 is 5.97 Å². The summed E-state index contributed by atoms with van der Waals surface area (Å²) < 4.78 is 0. The van der Waals surface area contributed by atoms with Crippen molar-refractivity contribution in [1.82, 2.24) is 5.32 Å². The van der Waals surface area contributed by atoms with Crippen molar-refractivity contribution in [1.29, 1.82) is 0 Å². The molecule has 0 aliphatic rings. The number of carbonyl (C=O) groups is 1. The van der Waals surface area contributed by atoms with Gasteiger partial charge in [0.1, 0.15) is 0 Å². The summed E-state index contributed by atoms with van der Waals surface area (Å²) in [6.45, 7) is 8.93. The predicted octanol–water partition coefficient (Wildman–Crippen LogP) is 1.57. The van der Waals surface area contributed by atoms with Gasteiger partial charge < -0.3 is 10.4 Å². The molecule has 0 unspecified atom stereocenters. The third-order valence-electron chi connectivity index (χ3n) is 1.56. The van der Waals surface area contributed by atoms with Crippen LogP contribution in [0.3, 0.4) is 0 Å². The van der Waals surface area contributed by atoms with Gasteiger partial charge in [0.25, 0.3) is 0 Å². The minimum atomic E-state index is -0.913. The molecule has 0 radical (unpaired) electrons. The van der Waals surface area contributed by atoms with Crippen LogP contribution in [0.5, 0.6) is 0 Å². The molecule has 74 valence electrons. The summed E-state index contributed by atoms with van der Waals surface area (Å²) in [5.41, 5.74) is 1.51. The Bertz CT molecular complexity index is 215. The zero-order chi connectivity index (χ0) is 10.3.